The molecule has 33 heavy (non-hydrogen) atoms. The van der Waals surface area contributed by atoms with E-state index in [1.807, 2.05) is 4.58 Å². The normalized spacial score (nSPS) is 14.8. The van der Waals surface area contributed by atoms with E-state index in [2.05, 4.69) is 15.6 Å². The fourth-order valence-corrected chi connectivity index (χ4v) is 4.39. The van der Waals surface area contributed by atoms with Gasteiger partial charge in [0.25, 0.3) is 18.2 Å². The van der Waals surface area contributed by atoms with E-state index >= 15 is 0 Å². The molecule has 0 bridgehead atoms. The number of carbonyl (C=O) groups excluding carboxylic acids is 1. The van der Waals surface area contributed by atoms with E-state index in [4.69, 9.17) is 11.5 Å². The summed E-state index contributed by atoms with van der Waals surface area (Å²) in [4.78, 5) is 16.9. The Kier molecular flexibility index (Phi) is 8.26. The zero-order valence-corrected chi connectivity index (χ0v) is 18.5. The summed E-state index contributed by atoms with van der Waals surface area (Å²) in [5.41, 5.74) is 11.1. The van der Waals surface area contributed by atoms with Crippen molar-refractivity contribution in [3.05, 3.63) is 47.4 Å². The molecule has 3 rings (SSSR count). The number of anilines is 1. The molecular formula is C21H25F4N6OS+. The number of thiazole rings is 1. The molecule has 1 saturated heterocycles. The number of amides is 1. The van der Waals surface area contributed by atoms with Gasteiger partial charge in [0.1, 0.15) is 33.9 Å². The molecule has 12 heteroatoms. The van der Waals surface area contributed by atoms with Crippen molar-refractivity contribution in [3.63, 3.8) is 0 Å². The summed E-state index contributed by atoms with van der Waals surface area (Å²) >= 11 is 0.755. The van der Waals surface area contributed by atoms with Crippen LogP contribution in [0.15, 0.2) is 30.1 Å². The minimum atomic E-state index is -2.62. The van der Waals surface area contributed by atoms with E-state index < -0.39 is 36.1 Å². The number of nitrogens with two attached hydrogens (primary N) is 2. The van der Waals surface area contributed by atoms with Gasteiger partial charge in [-0.2, -0.15) is 0 Å². The van der Waals surface area contributed by atoms with Crippen LogP contribution in [0.5, 0.6) is 0 Å². The minimum absolute atomic E-state index is 0.0570. The molecule has 1 fully saturated rings. The second-order valence-electron chi connectivity index (χ2n) is 7.38. The third-order valence-corrected chi connectivity index (χ3v) is 5.96. The number of amidine groups is 1. The standard InChI is InChI=1S/C21H24F4N6OS/c22-12-6-5-7-13(23)16(12)21-30-17(18(27)33-21)20(32)29-14(10-26)19(28-11-15(24)25)31-8-3-1-2-4-9-31/h5-7,10,15H,1-4,8-9,11H2,(H5,26,27,28,29,32)/p+1. The Morgan fingerprint density at radius 3 is 2.39 bits per heavy atom. The highest BCUT2D eigenvalue weighted by molar-refractivity contribution is 7.19. The Hall–Kier alpha value is -3.15. The van der Waals surface area contributed by atoms with E-state index in [1.54, 1.807) is 0 Å². The first-order chi connectivity index (χ1) is 15.8. The van der Waals surface area contributed by atoms with Crippen molar-refractivity contribution in [2.45, 2.75) is 32.1 Å². The van der Waals surface area contributed by atoms with Crippen LogP contribution >= 0.6 is 11.3 Å². The molecule has 1 aliphatic rings. The average molecular weight is 486 g/mol. The summed E-state index contributed by atoms with van der Waals surface area (Å²) in [5.74, 6) is -2.20. The van der Waals surface area contributed by atoms with E-state index in [9.17, 15) is 22.4 Å². The lowest BCUT2D eigenvalue weighted by atomic mass is 10.2. The van der Waals surface area contributed by atoms with Crippen molar-refractivity contribution in [1.82, 2.24) is 15.6 Å². The molecule has 0 unspecified atom stereocenters. The summed E-state index contributed by atoms with van der Waals surface area (Å²) in [6, 6.07) is 3.36. The van der Waals surface area contributed by atoms with Crippen molar-refractivity contribution in [2.75, 3.05) is 25.4 Å². The number of nitrogens with one attached hydrogen (secondary N) is 2. The van der Waals surface area contributed by atoms with Crippen molar-refractivity contribution in [3.8, 4) is 10.6 Å². The molecule has 1 aromatic heterocycles. The highest BCUT2D eigenvalue weighted by Crippen LogP contribution is 2.33. The number of alkyl halides is 2. The van der Waals surface area contributed by atoms with E-state index in [0.29, 0.717) is 13.1 Å². The summed E-state index contributed by atoms with van der Waals surface area (Å²) in [6.45, 7) is 0.581. The first-order valence-corrected chi connectivity index (χ1v) is 11.2. The van der Waals surface area contributed by atoms with Crippen LogP contribution in [0.4, 0.5) is 22.6 Å². The maximum Gasteiger partial charge on any atom is 0.295 e. The maximum absolute atomic E-state index is 14.1. The molecule has 1 aromatic carbocycles. The average Bonchev–Trinajstić information content (AvgIpc) is 2.96. The highest BCUT2D eigenvalue weighted by Gasteiger charge is 2.26. The largest absolute Gasteiger partial charge is 0.403 e. The molecule has 0 saturated carbocycles. The first kappa shape index (κ1) is 24.5. The summed E-state index contributed by atoms with van der Waals surface area (Å²) < 4.78 is 55.9. The quantitative estimate of drug-likeness (QED) is 0.286. The molecule has 6 N–H and O–H groups in total. The predicted molar refractivity (Wildman–Crippen MR) is 119 cm³/mol. The summed E-state index contributed by atoms with van der Waals surface area (Å²) in [7, 11) is 0. The van der Waals surface area contributed by atoms with Crippen LogP contribution in [0, 0.1) is 11.6 Å². The fourth-order valence-electron chi connectivity index (χ4n) is 3.51. The second-order valence-corrected chi connectivity index (χ2v) is 8.42. The van der Waals surface area contributed by atoms with Gasteiger partial charge in [0.05, 0.1) is 18.7 Å². The number of nitrogens with zero attached hydrogens (tertiary/aromatic N) is 2. The van der Waals surface area contributed by atoms with Crippen LogP contribution in [0.25, 0.3) is 10.6 Å². The fraction of sp³-hybridized carbons (Fsp3) is 0.381. The SMILES string of the molecule is N/C=C(/NC(=O)c1nc(-c2c(F)cccc2F)sc1N)C(NCC(F)F)=[N+]1CCCCCC1. The first-order valence-electron chi connectivity index (χ1n) is 10.4. The molecule has 0 radical (unpaired) electrons. The minimum Gasteiger partial charge on any atom is -0.403 e. The zero-order chi connectivity index (χ0) is 24.0. The maximum atomic E-state index is 14.1. The molecule has 0 atom stereocenters. The number of aromatic nitrogens is 1. The van der Waals surface area contributed by atoms with Crippen molar-refractivity contribution in [2.24, 2.45) is 5.73 Å². The molecule has 0 aliphatic carbocycles. The number of halogens is 4. The smallest absolute Gasteiger partial charge is 0.295 e. The van der Waals surface area contributed by atoms with Crippen molar-refractivity contribution < 1.29 is 26.9 Å². The van der Waals surface area contributed by atoms with Gasteiger partial charge in [0, 0.05) is 6.20 Å². The molecule has 1 aliphatic heterocycles. The van der Waals surface area contributed by atoms with Crippen molar-refractivity contribution >= 4 is 28.1 Å². The predicted octanol–water partition coefficient (Wildman–Crippen LogP) is 3.04. The van der Waals surface area contributed by atoms with Gasteiger partial charge < -0.3 is 16.8 Å². The molecule has 0 spiro atoms. The van der Waals surface area contributed by atoms with Crippen LogP contribution < -0.4 is 22.1 Å². The molecule has 178 valence electrons. The summed E-state index contributed by atoms with van der Waals surface area (Å²) in [6.07, 6.45) is 2.23. The third-order valence-electron chi connectivity index (χ3n) is 5.06. The number of hydrogen-bond acceptors (Lipinski definition) is 5. The number of nitrogen functional groups attached to an aromatic ring is 1. The number of rotatable bonds is 6. The molecule has 7 nitrogen and oxygen atoms in total. The third kappa shape index (κ3) is 6.01. The Morgan fingerprint density at radius 2 is 1.82 bits per heavy atom. The molecule has 2 aromatic rings. The van der Waals surface area contributed by atoms with Gasteiger partial charge in [-0.1, -0.05) is 17.4 Å². The molecule has 1 amide bonds. The van der Waals surface area contributed by atoms with Crippen LogP contribution in [-0.4, -0.2) is 47.4 Å². The lowest BCUT2D eigenvalue weighted by molar-refractivity contribution is -0.527. The van der Waals surface area contributed by atoms with Gasteiger partial charge in [-0.05, 0) is 37.8 Å². The van der Waals surface area contributed by atoms with Crippen LogP contribution in [0.3, 0.4) is 0 Å². The topological polar surface area (TPSA) is 109 Å². The van der Waals surface area contributed by atoms with Gasteiger partial charge in [0.15, 0.2) is 5.69 Å². The van der Waals surface area contributed by atoms with E-state index in [1.165, 1.54) is 6.07 Å². The van der Waals surface area contributed by atoms with Gasteiger partial charge in [0.2, 0.25) is 0 Å². The number of benzene rings is 1. The Morgan fingerprint density at radius 1 is 1.18 bits per heavy atom. The Labute approximate surface area is 192 Å². The highest BCUT2D eigenvalue weighted by atomic mass is 32.1. The lowest BCUT2D eigenvalue weighted by Gasteiger charge is -2.14. The van der Waals surface area contributed by atoms with Crippen LogP contribution in [0.1, 0.15) is 36.2 Å². The Bertz CT molecular complexity index is 1040. The van der Waals surface area contributed by atoms with Gasteiger partial charge in [-0.15, -0.1) is 0 Å². The van der Waals surface area contributed by atoms with E-state index in [-0.39, 0.29) is 27.2 Å². The van der Waals surface area contributed by atoms with Gasteiger partial charge in [-0.3, -0.25) is 14.7 Å². The Balaban J connectivity index is 1.89. The van der Waals surface area contributed by atoms with Crippen molar-refractivity contribution in [1.29, 1.82) is 0 Å². The van der Waals surface area contributed by atoms with E-state index in [0.717, 1.165) is 55.4 Å². The zero-order valence-electron chi connectivity index (χ0n) is 17.7. The molecule has 2 heterocycles. The molecular weight excluding hydrogens is 460 g/mol. The van der Waals surface area contributed by atoms with Crippen LogP contribution in [0.2, 0.25) is 0 Å². The number of hydrogen-bond donors (Lipinski definition) is 4. The summed E-state index contributed by atoms with van der Waals surface area (Å²) in [5, 5.41) is 5.06. The van der Waals surface area contributed by atoms with Gasteiger partial charge in [-0.25, -0.2) is 22.5 Å². The lowest BCUT2D eigenvalue weighted by Crippen LogP contribution is -2.44. The van der Waals surface area contributed by atoms with Gasteiger partial charge >= 0.3 is 0 Å². The number of carbonyl (C=O) groups is 1. The monoisotopic (exact) mass is 485 g/mol. The second kappa shape index (κ2) is 11.1. The van der Waals surface area contributed by atoms with Crippen LogP contribution in [-0.2, 0) is 0 Å².